The van der Waals surface area contributed by atoms with E-state index in [1.807, 2.05) is 7.05 Å². The van der Waals surface area contributed by atoms with Crippen LogP contribution in [0.2, 0.25) is 0 Å². The zero-order chi connectivity index (χ0) is 18.6. The Kier molecular flexibility index (Phi) is 5.55. The molecule has 0 saturated carbocycles. The number of urea groups is 1. The minimum absolute atomic E-state index is 0.297. The number of benzene rings is 1. The van der Waals surface area contributed by atoms with Crippen LogP contribution in [0.5, 0.6) is 5.75 Å². The fraction of sp³-hybridized carbons (Fsp3) is 0.375. The maximum Gasteiger partial charge on any atom is 0.573 e. The van der Waals surface area contributed by atoms with Crippen molar-refractivity contribution in [2.45, 2.75) is 32.3 Å². The van der Waals surface area contributed by atoms with Gasteiger partial charge in [0.1, 0.15) is 11.6 Å². The second-order valence-corrected chi connectivity index (χ2v) is 5.57. The van der Waals surface area contributed by atoms with E-state index in [2.05, 4.69) is 20.4 Å². The zero-order valence-electron chi connectivity index (χ0n) is 14.0. The number of carbonyl (C=O) groups excluding carboxylic acids is 1. The van der Waals surface area contributed by atoms with E-state index in [0.29, 0.717) is 11.4 Å². The summed E-state index contributed by atoms with van der Waals surface area (Å²) < 4.78 is 42.0. The molecule has 0 aliphatic rings. The highest BCUT2D eigenvalue weighted by Gasteiger charge is 2.31. The third-order valence-corrected chi connectivity index (χ3v) is 3.55. The molecule has 0 saturated heterocycles. The van der Waals surface area contributed by atoms with Crippen LogP contribution in [0.25, 0.3) is 0 Å². The molecule has 6 nitrogen and oxygen atoms in total. The molecule has 1 aromatic carbocycles. The fourth-order valence-electron chi connectivity index (χ4n) is 2.34. The SMILES string of the molecule is CC(NC(=O)NC(C)c1nccn1C)c1ccc(OC(F)(F)F)cc1. The Bertz CT molecular complexity index is 713. The molecule has 2 amide bonds. The number of halogens is 3. The van der Waals surface area contributed by atoms with Crippen molar-refractivity contribution in [3.63, 3.8) is 0 Å². The molecule has 1 heterocycles. The monoisotopic (exact) mass is 356 g/mol. The van der Waals surface area contributed by atoms with Crippen LogP contribution in [0, 0.1) is 0 Å². The van der Waals surface area contributed by atoms with Crippen LogP contribution < -0.4 is 15.4 Å². The average molecular weight is 356 g/mol. The summed E-state index contributed by atoms with van der Waals surface area (Å²) in [4.78, 5) is 16.2. The van der Waals surface area contributed by atoms with Gasteiger partial charge in [0.05, 0.1) is 12.1 Å². The summed E-state index contributed by atoms with van der Waals surface area (Å²) in [5.74, 6) is 0.396. The minimum Gasteiger partial charge on any atom is -0.406 e. The lowest BCUT2D eigenvalue weighted by molar-refractivity contribution is -0.274. The maximum atomic E-state index is 12.1. The summed E-state index contributed by atoms with van der Waals surface area (Å²) in [6.45, 7) is 3.53. The first-order chi connectivity index (χ1) is 11.7. The summed E-state index contributed by atoms with van der Waals surface area (Å²) in [5, 5.41) is 5.49. The molecular weight excluding hydrogens is 337 g/mol. The Morgan fingerprint density at radius 2 is 1.76 bits per heavy atom. The first-order valence-corrected chi connectivity index (χ1v) is 7.55. The molecule has 2 atom stereocenters. The van der Waals surface area contributed by atoms with Gasteiger partial charge >= 0.3 is 12.4 Å². The second kappa shape index (κ2) is 7.45. The fourth-order valence-corrected chi connectivity index (χ4v) is 2.34. The molecule has 0 aliphatic heterocycles. The van der Waals surface area contributed by atoms with E-state index in [-0.39, 0.29) is 11.8 Å². The summed E-state index contributed by atoms with van der Waals surface area (Å²) in [6.07, 6.45) is -1.32. The molecule has 2 aromatic rings. The van der Waals surface area contributed by atoms with Crippen LogP contribution in [0.1, 0.15) is 37.3 Å². The summed E-state index contributed by atoms with van der Waals surface area (Å²) in [7, 11) is 1.83. The molecule has 0 spiro atoms. The number of ether oxygens (including phenoxy) is 1. The van der Waals surface area contributed by atoms with Gasteiger partial charge in [0, 0.05) is 19.4 Å². The molecule has 136 valence electrons. The van der Waals surface area contributed by atoms with Crippen molar-refractivity contribution in [3.05, 3.63) is 48.0 Å². The second-order valence-electron chi connectivity index (χ2n) is 5.57. The number of aryl methyl sites for hydroxylation is 1. The molecule has 0 bridgehead atoms. The van der Waals surface area contributed by atoms with Crippen molar-refractivity contribution >= 4 is 6.03 Å². The Balaban J connectivity index is 1.91. The highest BCUT2D eigenvalue weighted by Crippen LogP contribution is 2.24. The maximum absolute atomic E-state index is 12.1. The quantitative estimate of drug-likeness (QED) is 0.862. The lowest BCUT2D eigenvalue weighted by Crippen LogP contribution is -2.39. The van der Waals surface area contributed by atoms with Gasteiger partial charge in [-0.05, 0) is 31.5 Å². The Hall–Kier alpha value is -2.71. The number of hydrogen-bond acceptors (Lipinski definition) is 3. The van der Waals surface area contributed by atoms with Gasteiger partial charge in [0.15, 0.2) is 0 Å². The highest BCUT2D eigenvalue weighted by molar-refractivity contribution is 5.74. The number of rotatable bonds is 5. The van der Waals surface area contributed by atoms with E-state index >= 15 is 0 Å². The number of hydrogen-bond donors (Lipinski definition) is 2. The molecule has 9 heteroatoms. The van der Waals surface area contributed by atoms with Gasteiger partial charge in [-0.1, -0.05) is 12.1 Å². The van der Waals surface area contributed by atoms with E-state index in [4.69, 9.17) is 0 Å². The van der Waals surface area contributed by atoms with Gasteiger partial charge in [-0.3, -0.25) is 0 Å². The number of nitrogens with one attached hydrogen (secondary N) is 2. The number of nitrogens with zero attached hydrogens (tertiary/aromatic N) is 2. The van der Waals surface area contributed by atoms with E-state index in [1.165, 1.54) is 24.3 Å². The first kappa shape index (κ1) is 18.6. The largest absolute Gasteiger partial charge is 0.573 e. The van der Waals surface area contributed by atoms with E-state index in [9.17, 15) is 18.0 Å². The van der Waals surface area contributed by atoms with Crippen LogP contribution in [0.4, 0.5) is 18.0 Å². The molecule has 0 radical (unpaired) electrons. The molecule has 25 heavy (non-hydrogen) atoms. The van der Waals surface area contributed by atoms with Crippen LogP contribution in [-0.2, 0) is 7.05 Å². The van der Waals surface area contributed by atoms with Crippen molar-refractivity contribution in [2.75, 3.05) is 0 Å². The first-order valence-electron chi connectivity index (χ1n) is 7.55. The van der Waals surface area contributed by atoms with Crippen molar-refractivity contribution in [1.82, 2.24) is 20.2 Å². The molecule has 2 N–H and O–H groups in total. The summed E-state index contributed by atoms with van der Waals surface area (Å²) in [5.41, 5.74) is 0.648. The Labute approximate surface area is 143 Å². The van der Waals surface area contributed by atoms with E-state index < -0.39 is 18.4 Å². The van der Waals surface area contributed by atoms with Crippen LogP contribution >= 0.6 is 0 Å². The zero-order valence-corrected chi connectivity index (χ0v) is 14.0. The van der Waals surface area contributed by atoms with E-state index in [0.717, 1.165) is 0 Å². The van der Waals surface area contributed by atoms with Crippen molar-refractivity contribution in [2.24, 2.45) is 7.05 Å². The molecule has 2 unspecified atom stereocenters. The van der Waals surface area contributed by atoms with Crippen LogP contribution in [-0.4, -0.2) is 21.9 Å². The highest BCUT2D eigenvalue weighted by atomic mass is 19.4. The molecule has 0 aliphatic carbocycles. The standard InChI is InChI=1S/C16H19F3N4O2/c1-10(12-4-6-13(7-5-12)25-16(17,18)19)21-15(24)22-11(2)14-20-8-9-23(14)3/h4-11H,1-3H3,(H2,21,22,24). The number of imidazole rings is 1. The van der Waals surface area contributed by atoms with Crippen LogP contribution in [0.15, 0.2) is 36.7 Å². The normalized spacial score (nSPS) is 13.8. The lowest BCUT2D eigenvalue weighted by atomic mass is 10.1. The Morgan fingerprint density at radius 1 is 1.16 bits per heavy atom. The molecular formula is C16H19F3N4O2. The number of alkyl halides is 3. The summed E-state index contributed by atoms with van der Waals surface area (Å²) >= 11 is 0. The van der Waals surface area contributed by atoms with Gasteiger partial charge in [0.25, 0.3) is 0 Å². The van der Waals surface area contributed by atoms with Gasteiger partial charge in [-0.25, -0.2) is 9.78 Å². The van der Waals surface area contributed by atoms with Crippen molar-refractivity contribution in [1.29, 1.82) is 0 Å². The van der Waals surface area contributed by atoms with Crippen molar-refractivity contribution < 1.29 is 22.7 Å². The molecule has 1 aromatic heterocycles. The van der Waals surface area contributed by atoms with Gasteiger partial charge in [0.2, 0.25) is 0 Å². The van der Waals surface area contributed by atoms with E-state index in [1.54, 1.807) is 30.8 Å². The third kappa shape index (κ3) is 5.40. The summed E-state index contributed by atoms with van der Waals surface area (Å²) in [6, 6.07) is 4.25. The molecule has 2 rings (SSSR count). The molecule has 0 fully saturated rings. The topological polar surface area (TPSA) is 68.2 Å². The Morgan fingerprint density at radius 3 is 2.28 bits per heavy atom. The lowest BCUT2D eigenvalue weighted by Gasteiger charge is -2.18. The number of amides is 2. The van der Waals surface area contributed by atoms with Gasteiger partial charge in [-0.15, -0.1) is 13.2 Å². The smallest absolute Gasteiger partial charge is 0.406 e. The van der Waals surface area contributed by atoms with Crippen molar-refractivity contribution in [3.8, 4) is 5.75 Å². The van der Waals surface area contributed by atoms with Gasteiger partial charge in [-0.2, -0.15) is 0 Å². The predicted molar refractivity (Wildman–Crippen MR) is 84.8 cm³/mol. The number of aromatic nitrogens is 2. The minimum atomic E-state index is -4.73. The van der Waals surface area contributed by atoms with Gasteiger partial charge < -0.3 is 19.9 Å². The predicted octanol–water partition coefficient (Wildman–Crippen LogP) is 3.44. The number of carbonyl (C=O) groups is 1. The third-order valence-electron chi connectivity index (χ3n) is 3.55. The van der Waals surface area contributed by atoms with Crippen LogP contribution in [0.3, 0.4) is 0 Å². The average Bonchev–Trinajstić information content (AvgIpc) is 2.92.